The molecule has 2 N–H and O–H groups in total. The van der Waals surface area contributed by atoms with Crippen molar-refractivity contribution in [1.82, 2.24) is 4.90 Å². The van der Waals surface area contributed by atoms with Crippen molar-refractivity contribution in [3.05, 3.63) is 51.2 Å². The lowest BCUT2D eigenvalue weighted by molar-refractivity contribution is 0.0696. The van der Waals surface area contributed by atoms with Crippen LogP contribution in [0.5, 0.6) is 0 Å². The van der Waals surface area contributed by atoms with Crippen molar-refractivity contribution in [2.24, 2.45) is 0 Å². The fourth-order valence-corrected chi connectivity index (χ4v) is 2.93. The lowest BCUT2D eigenvalue weighted by Crippen LogP contribution is -2.36. The summed E-state index contributed by atoms with van der Waals surface area (Å²) in [4.78, 5) is 15.0. The largest absolute Gasteiger partial charge is 0.397 e. The van der Waals surface area contributed by atoms with Gasteiger partial charge in [0.05, 0.1) is 5.69 Å². The van der Waals surface area contributed by atoms with Crippen molar-refractivity contribution < 1.29 is 4.79 Å². The molecule has 0 fully saturated rings. The van der Waals surface area contributed by atoms with Crippen LogP contribution in [0.25, 0.3) is 0 Å². The van der Waals surface area contributed by atoms with Crippen LogP contribution in [0.1, 0.15) is 29.1 Å². The number of halogens is 1. The van der Waals surface area contributed by atoms with Crippen LogP contribution in [0, 0.1) is 0 Å². The number of nitrogen functional groups attached to an aromatic ring is 1. The number of nitrogens with zero attached hydrogens (tertiary/aromatic N) is 1. The van der Waals surface area contributed by atoms with Crippen molar-refractivity contribution in [3.63, 3.8) is 0 Å². The molecule has 1 amide bonds. The Hall–Kier alpha value is -1.52. The molecule has 0 unspecified atom stereocenters. The number of amides is 1. The highest BCUT2D eigenvalue weighted by Crippen LogP contribution is 2.23. The minimum absolute atomic E-state index is 0.0347. The van der Waals surface area contributed by atoms with E-state index in [-0.39, 0.29) is 11.9 Å². The Morgan fingerprint density at radius 3 is 2.70 bits per heavy atom. The lowest BCUT2D eigenvalue weighted by atomic mass is 10.1. The molecule has 20 heavy (non-hydrogen) atoms. The molecule has 0 saturated heterocycles. The number of carbonyl (C=O) groups is 1. The SMILES string of the molecule is CC(C)N(Cc1cccc(Cl)c1)C(=O)c1sccc1N. The van der Waals surface area contributed by atoms with E-state index in [9.17, 15) is 4.79 Å². The molecule has 0 aliphatic rings. The van der Waals surface area contributed by atoms with E-state index in [2.05, 4.69) is 0 Å². The Morgan fingerprint density at radius 1 is 1.40 bits per heavy atom. The molecule has 106 valence electrons. The molecule has 2 aromatic rings. The Kier molecular flexibility index (Phi) is 4.68. The molecule has 3 nitrogen and oxygen atoms in total. The van der Waals surface area contributed by atoms with E-state index in [1.54, 1.807) is 11.0 Å². The van der Waals surface area contributed by atoms with E-state index in [0.29, 0.717) is 22.1 Å². The van der Waals surface area contributed by atoms with Crippen LogP contribution in [-0.2, 0) is 6.54 Å². The zero-order valence-electron chi connectivity index (χ0n) is 11.5. The Labute approximate surface area is 128 Å². The maximum Gasteiger partial charge on any atom is 0.266 e. The highest BCUT2D eigenvalue weighted by molar-refractivity contribution is 7.12. The summed E-state index contributed by atoms with van der Waals surface area (Å²) in [5, 5.41) is 2.51. The number of nitrogens with two attached hydrogens (primary N) is 1. The second-order valence-corrected chi connectivity index (χ2v) is 6.21. The van der Waals surface area contributed by atoms with Gasteiger partial charge in [-0.1, -0.05) is 23.7 Å². The summed E-state index contributed by atoms with van der Waals surface area (Å²) in [6.45, 7) is 4.51. The Balaban J connectivity index is 2.24. The van der Waals surface area contributed by atoms with Crippen LogP contribution < -0.4 is 5.73 Å². The van der Waals surface area contributed by atoms with Gasteiger partial charge in [0, 0.05) is 17.6 Å². The minimum Gasteiger partial charge on any atom is -0.397 e. The molecule has 0 aliphatic carbocycles. The summed E-state index contributed by atoms with van der Waals surface area (Å²) in [6, 6.07) is 9.40. The van der Waals surface area contributed by atoms with Gasteiger partial charge in [0.2, 0.25) is 0 Å². The Morgan fingerprint density at radius 2 is 2.15 bits per heavy atom. The first-order valence-electron chi connectivity index (χ1n) is 6.37. The molecular weight excluding hydrogens is 292 g/mol. The fraction of sp³-hybridized carbons (Fsp3) is 0.267. The van der Waals surface area contributed by atoms with E-state index in [0.717, 1.165) is 5.56 Å². The second-order valence-electron chi connectivity index (χ2n) is 4.86. The normalized spacial score (nSPS) is 10.8. The number of benzene rings is 1. The average molecular weight is 309 g/mol. The number of hydrogen-bond donors (Lipinski definition) is 1. The zero-order chi connectivity index (χ0) is 14.7. The summed E-state index contributed by atoms with van der Waals surface area (Å²) in [6.07, 6.45) is 0. The first-order valence-corrected chi connectivity index (χ1v) is 7.63. The van der Waals surface area contributed by atoms with Gasteiger partial charge in [-0.15, -0.1) is 11.3 Å². The van der Waals surface area contributed by atoms with E-state index < -0.39 is 0 Å². The molecular formula is C15H17ClN2OS. The second kappa shape index (κ2) is 6.29. The molecule has 0 aliphatic heterocycles. The topological polar surface area (TPSA) is 46.3 Å². The number of hydrogen-bond acceptors (Lipinski definition) is 3. The predicted molar refractivity (Wildman–Crippen MR) is 85.2 cm³/mol. The first kappa shape index (κ1) is 14.9. The highest BCUT2D eigenvalue weighted by Gasteiger charge is 2.22. The van der Waals surface area contributed by atoms with Crippen molar-refractivity contribution in [3.8, 4) is 0 Å². The molecule has 1 aromatic carbocycles. The molecule has 0 bridgehead atoms. The monoisotopic (exact) mass is 308 g/mol. The van der Waals surface area contributed by atoms with Crippen LogP contribution in [0.15, 0.2) is 35.7 Å². The molecule has 0 atom stereocenters. The summed E-state index contributed by atoms with van der Waals surface area (Å²) >= 11 is 7.37. The van der Waals surface area contributed by atoms with Crippen LogP contribution in [0.3, 0.4) is 0 Å². The lowest BCUT2D eigenvalue weighted by Gasteiger charge is -2.26. The summed E-state index contributed by atoms with van der Waals surface area (Å²) < 4.78 is 0. The molecule has 1 aromatic heterocycles. The molecule has 0 saturated carbocycles. The molecule has 0 radical (unpaired) electrons. The van der Waals surface area contributed by atoms with Crippen LogP contribution in [0.4, 0.5) is 5.69 Å². The van der Waals surface area contributed by atoms with Crippen molar-refractivity contribution in [2.45, 2.75) is 26.4 Å². The summed E-state index contributed by atoms with van der Waals surface area (Å²) in [7, 11) is 0. The standard InChI is InChI=1S/C15H17ClN2OS/c1-10(2)18(9-11-4-3-5-12(16)8-11)15(19)14-13(17)6-7-20-14/h3-8,10H,9,17H2,1-2H3. The van der Waals surface area contributed by atoms with Gasteiger partial charge in [-0.3, -0.25) is 4.79 Å². The first-order chi connectivity index (χ1) is 9.49. The maximum absolute atomic E-state index is 12.6. The van der Waals surface area contributed by atoms with Crippen molar-refractivity contribution in [2.75, 3.05) is 5.73 Å². The van der Waals surface area contributed by atoms with E-state index in [1.807, 2.05) is 43.5 Å². The molecule has 5 heteroatoms. The fourth-order valence-electron chi connectivity index (χ4n) is 1.94. The predicted octanol–water partition coefficient (Wildman–Crippen LogP) is 4.03. The van der Waals surface area contributed by atoms with Gasteiger partial charge in [0.25, 0.3) is 5.91 Å². The summed E-state index contributed by atoms with van der Waals surface area (Å²) in [5.41, 5.74) is 7.39. The van der Waals surface area contributed by atoms with Gasteiger partial charge < -0.3 is 10.6 Å². The third-order valence-electron chi connectivity index (χ3n) is 3.02. The highest BCUT2D eigenvalue weighted by atomic mass is 35.5. The number of carbonyl (C=O) groups excluding carboxylic acids is 1. The minimum atomic E-state index is -0.0347. The smallest absolute Gasteiger partial charge is 0.266 e. The molecule has 1 heterocycles. The molecule has 2 rings (SSSR count). The van der Waals surface area contributed by atoms with Crippen LogP contribution in [0.2, 0.25) is 5.02 Å². The quantitative estimate of drug-likeness (QED) is 0.926. The van der Waals surface area contributed by atoms with Gasteiger partial charge in [-0.05, 0) is 43.0 Å². The van der Waals surface area contributed by atoms with Crippen LogP contribution in [-0.4, -0.2) is 16.8 Å². The van der Waals surface area contributed by atoms with Gasteiger partial charge >= 0.3 is 0 Å². The van der Waals surface area contributed by atoms with Gasteiger partial charge in [-0.2, -0.15) is 0 Å². The number of rotatable bonds is 4. The molecule has 0 spiro atoms. The summed E-state index contributed by atoms with van der Waals surface area (Å²) in [5.74, 6) is -0.0347. The maximum atomic E-state index is 12.6. The van der Waals surface area contributed by atoms with Gasteiger partial charge in [0.1, 0.15) is 4.88 Å². The zero-order valence-corrected chi connectivity index (χ0v) is 13.0. The van der Waals surface area contributed by atoms with Gasteiger partial charge in [-0.25, -0.2) is 0 Å². The van der Waals surface area contributed by atoms with Crippen molar-refractivity contribution in [1.29, 1.82) is 0 Å². The van der Waals surface area contributed by atoms with E-state index >= 15 is 0 Å². The van der Waals surface area contributed by atoms with Gasteiger partial charge in [0.15, 0.2) is 0 Å². The Bertz CT molecular complexity index is 609. The van der Waals surface area contributed by atoms with E-state index in [1.165, 1.54) is 11.3 Å². The van der Waals surface area contributed by atoms with Crippen LogP contribution >= 0.6 is 22.9 Å². The number of thiophene rings is 1. The van der Waals surface area contributed by atoms with E-state index in [4.69, 9.17) is 17.3 Å². The average Bonchev–Trinajstić information content (AvgIpc) is 2.81. The van der Waals surface area contributed by atoms with Crippen molar-refractivity contribution >= 4 is 34.5 Å². The third-order valence-corrected chi connectivity index (χ3v) is 4.17. The number of anilines is 1. The third kappa shape index (κ3) is 3.32.